The van der Waals surface area contributed by atoms with Crippen LogP contribution in [0.5, 0.6) is 0 Å². The monoisotopic (exact) mass is 1300 g/mol. The van der Waals surface area contributed by atoms with Crippen LogP contribution in [-0.4, -0.2) is 186 Å². The molecule has 16 aromatic rings. The number of hydrogen-bond acceptors (Lipinski definition) is 28. The van der Waals surface area contributed by atoms with Gasteiger partial charge in [0.1, 0.15) is 44.3 Å². The largest absolute Gasteiger partial charge is 0.265 e. The third-order valence-electron chi connectivity index (χ3n) is 8.14. The molecule has 0 aliphatic heterocycles. The molecule has 28 nitrogen and oxygen atoms in total. The molecule has 35 heteroatoms. The summed E-state index contributed by atoms with van der Waals surface area (Å²) in [7, 11) is 1.82. The molecule has 0 N–H and O–H groups in total. The summed E-state index contributed by atoms with van der Waals surface area (Å²) in [6.45, 7) is 10.0. The number of benzene rings is 1. The van der Waals surface area contributed by atoms with Gasteiger partial charge in [0.15, 0.2) is 12.7 Å². The van der Waals surface area contributed by atoms with Crippen LogP contribution in [0.2, 0.25) is 0 Å². The number of nitrogens with zero attached hydrogens (tertiary/aromatic N) is 28. The molecule has 0 radical (unpaired) electrons. The minimum absolute atomic E-state index is 0.513. The van der Waals surface area contributed by atoms with Gasteiger partial charge in [0.2, 0.25) is 0 Å². The van der Waals surface area contributed by atoms with Gasteiger partial charge < -0.3 is 0 Å². The maximum absolute atomic E-state index is 3.78. The minimum Gasteiger partial charge on any atom is -0.265 e. The second kappa shape index (κ2) is 78.4. The van der Waals surface area contributed by atoms with Gasteiger partial charge in [-0.1, -0.05) is 98.4 Å². The zero-order valence-corrected chi connectivity index (χ0v) is 53.7. The third-order valence-corrected chi connectivity index (χ3v) is 9.72. The molecular formula is C61H62B5N28PSi. The summed E-state index contributed by atoms with van der Waals surface area (Å²) in [5.41, 5.74) is 4.42. The van der Waals surface area contributed by atoms with E-state index in [-0.39, 0.29) is 0 Å². The van der Waals surface area contributed by atoms with E-state index in [1.807, 2.05) is 197 Å². The van der Waals surface area contributed by atoms with Gasteiger partial charge in [-0.2, -0.15) is 15.3 Å². The van der Waals surface area contributed by atoms with E-state index in [2.05, 4.69) is 183 Å². The average Bonchev–Trinajstić information content (AvgIpc) is 3.75. The van der Waals surface area contributed by atoms with Crippen molar-refractivity contribution in [2.75, 3.05) is 0 Å². The molecule has 0 amide bonds. The number of rotatable bonds is 0. The standard InChI is InChI=1S/C6H6.C5H5B.C5H5N.C5H5P.C5H6Si.2C4H4B2.3C4H4N2.3C3H3N3.3C2H2N4/c5*1-2-4-6-5-3-1;1-2-6-4-3-5-1;1-2-4-6-5-3-1;1-2-6-4-3-5-1;1-2-5-4-6-3-1;1-2-4-6-5-3-1;1-4-2-6-3-5-1;1-2-5-6-3-4-1;1-2-4-6-5-3-1;1-3-5-2-6-4-1;1-3-2-5-6-4-1;1-2-4-6-5-3-1/h1-6H;3*1-5H;1-6H;5*1-4H;3*1-3H;3*1-2H. The van der Waals surface area contributed by atoms with Crippen LogP contribution < -0.4 is 0 Å². The van der Waals surface area contributed by atoms with Gasteiger partial charge in [0.25, 0.3) is 0 Å². The molecule has 0 bridgehead atoms. The Labute approximate surface area is 563 Å². The molecule has 15 aromatic heterocycles. The van der Waals surface area contributed by atoms with Gasteiger partial charge >= 0.3 is 112 Å². The van der Waals surface area contributed by atoms with Crippen LogP contribution in [0.1, 0.15) is 0 Å². The average molecular weight is 1300 g/mol. The molecule has 0 unspecified atom stereocenters. The van der Waals surface area contributed by atoms with Crippen molar-refractivity contribution in [2.45, 2.75) is 0 Å². The fourth-order valence-electron chi connectivity index (χ4n) is 4.42. The molecule has 15 heterocycles. The van der Waals surface area contributed by atoms with E-state index in [4.69, 9.17) is 0 Å². The molecule has 0 fully saturated rings. The van der Waals surface area contributed by atoms with Crippen molar-refractivity contribution in [3.05, 3.63) is 372 Å². The Morgan fingerprint density at radius 2 is 0.510 bits per heavy atom. The maximum atomic E-state index is 3.78. The SMILES string of the molecule is b1bcccc1.b1ccbcc1.b1ccccc1.c1cc[siH]cc1.c1ccccc1.c1ccncc1.c1ccnnc1.c1ccpcc1.c1cnccn1.c1cncnc1.c1cnncn1.c1cnnnc1.c1cnnnn1.c1ncncn1.c1ncnnn1.c1nncnn1. The fraction of sp³-hybridized carbons (Fsp3) is 0. The van der Waals surface area contributed by atoms with Crippen LogP contribution in [0, 0.1) is 0 Å². The van der Waals surface area contributed by atoms with Crippen LogP contribution in [0.3, 0.4) is 0 Å². The van der Waals surface area contributed by atoms with Crippen molar-refractivity contribution < 1.29 is 0 Å². The van der Waals surface area contributed by atoms with Crippen LogP contribution in [-0.2, 0) is 0 Å². The van der Waals surface area contributed by atoms with Crippen molar-refractivity contribution in [1.29, 1.82) is 0 Å². The summed E-state index contributed by atoms with van der Waals surface area (Å²) >= 11 is 0. The molecule has 0 aliphatic rings. The van der Waals surface area contributed by atoms with E-state index < -0.39 is 0 Å². The Hall–Kier alpha value is -12.7. The maximum Gasteiger partial charge on any atom is 0.160 e. The summed E-state index contributed by atoms with van der Waals surface area (Å²) in [5, 5.41) is 60.5. The Morgan fingerprint density at radius 3 is 0.677 bits per heavy atom. The summed E-state index contributed by atoms with van der Waals surface area (Å²) in [6, 6.07) is 47.2. The van der Waals surface area contributed by atoms with Gasteiger partial charge in [-0.05, 0) is 68.8 Å². The Balaban J connectivity index is 0.000000512. The molecule has 0 spiro atoms. The van der Waals surface area contributed by atoms with Crippen LogP contribution in [0.15, 0.2) is 372 Å². The molecule has 470 valence electrons. The quantitative estimate of drug-likeness (QED) is 0.148. The van der Waals surface area contributed by atoms with Crippen molar-refractivity contribution in [3.8, 4) is 0 Å². The molecule has 16 rings (SSSR count). The van der Waals surface area contributed by atoms with E-state index in [1.54, 1.807) is 92.7 Å². The molecule has 96 heavy (non-hydrogen) atoms. The van der Waals surface area contributed by atoms with Gasteiger partial charge in [-0.3, -0.25) is 15.0 Å². The number of hydrogen-bond donors (Lipinski definition) is 0. The van der Waals surface area contributed by atoms with E-state index >= 15 is 0 Å². The summed E-state index contributed by atoms with van der Waals surface area (Å²) < 4.78 is 0. The second-order valence-corrected chi connectivity index (χ2v) is 17.1. The van der Waals surface area contributed by atoms with E-state index in [1.165, 1.54) is 83.7 Å². The van der Waals surface area contributed by atoms with Crippen LogP contribution >= 0.6 is 8.19 Å². The van der Waals surface area contributed by atoms with Gasteiger partial charge in [-0.15, -0.1) is 56.1 Å². The van der Waals surface area contributed by atoms with Crippen molar-refractivity contribution in [3.63, 3.8) is 0 Å². The number of pyridine rings is 1. The topological polar surface area (TPSA) is 361 Å². The fourth-order valence-corrected chi connectivity index (χ4v) is 5.56. The Kier molecular flexibility index (Phi) is 66.4. The van der Waals surface area contributed by atoms with E-state index in [0.29, 0.717) is 9.12 Å². The molecule has 0 atom stereocenters. The first-order chi connectivity index (χ1) is 48.0. The first-order valence-electron chi connectivity index (χ1n) is 27.8. The first-order valence-corrected chi connectivity index (χ1v) is 30.2. The second-order valence-electron chi connectivity index (χ2n) is 15.0. The Morgan fingerprint density at radius 1 is 0.188 bits per heavy atom. The first kappa shape index (κ1) is 81.3. The van der Waals surface area contributed by atoms with E-state index in [0.717, 1.165) is 0 Å². The van der Waals surface area contributed by atoms with Gasteiger partial charge in [0.05, 0.1) is 31.0 Å². The number of aromatic nitrogens is 28. The van der Waals surface area contributed by atoms with Crippen LogP contribution in [0.25, 0.3) is 0 Å². The van der Waals surface area contributed by atoms with Crippen LogP contribution in [0.4, 0.5) is 0 Å². The molecule has 0 saturated heterocycles. The summed E-state index contributed by atoms with van der Waals surface area (Å²) in [4.78, 5) is 36.4. The normalized spacial score (nSPS) is 7.79. The summed E-state index contributed by atoms with van der Waals surface area (Å²) in [5.74, 6) is 20.2. The summed E-state index contributed by atoms with van der Waals surface area (Å²) in [6.07, 6.45) is 38.3. The third kappa shape index (κ3) is 75.6. The van der Waals surface area contributed by atoms with Gasteiger partial charge in [0, 0.05) is 77.3 Å². The minimum atomic E-state index is 0.513. The predicted molar refractivity (Wildman–Crippen MR) is 373 cm³/mol. The van der Waals surface area contributed by atoms with Crippen molar-refractivity contribution in [2.24, 2.45) is 0 Å². The van der Waals surface area contributed by atoms with Crippen molar-refractivity contribution >= 4 is 51.6 Å². The molecule has 1 aromatic carbocycles. The molecule has 0 aliphatic carbocycles. The molecule has 0 saturated carbocycles. The Bertz CT molecular complexity index is 2280. The zero-order chi connectivity index (χ0) is 67.9. The predicted octanol–water partition coefficient (Wildman–Crippen LogP) is 6.39. The smallest absolute Gasteiger partial charge is 0.160 e. The van der Waals surface area contributed by atoms with Crippen molar-refractivity contribution in [1.82, 2.24) is 142 Å². The zero-order valence-electron chi connectivity index (χ0n) is 51.7. The van der Waals surface area contributed by atoms with Gasteiger partial charge in [-0.25, -0.2) is 34.9 Å². The van der Waals surface area contributed by atoms with E-state index in [9.17, 15) is 0 Å². The molecular weight excluding hydrogens is 1240 g/mol.